The summed E-state index contributed by atoms with van der Waals surface area (Å²) in [4.78, 5) is 20.8. The van der Waals surface area contributed by atoms with Crippen LogP contribution in [0.4, 0.5) is 5.13 Å². The molecule has 0 saturated carbocycles. The summed E-state index contributed by atoms with van der Waals surface area (Å²) in [6.45, 7) is 3.93. The number of para-hydroxylation sites is 1. The Labute approximate surface area is 114 Å². The van der Waals surface area contributed by atoms with Gasteiger partial charge in [0.1, 0.15) is 0 Å². The Bertz CT molecular complexity index is 737. The summed E-state index contributed by atoms with van der Waals surface area (Å²) in [5.41, 5.74) is 2.56. The molecule has 0 spiro atoms. The maximum absolute atomic E-state index is 12.2. The first kappa shape index (κ1) is 11.9. The first-order valence-electron chi connectivity index (χ1n) is 5.96. The molecular weight excluding hydrogens is 258 g/mol. The van der Waals surface area contributed by atoms with Gasteiger partial charge < -0.3 is 4.98 Å². The van der Waals surface area contributed by atoms with Crippen LogP contribution in [-0.4, -0.2) is 15.9 Å². The predicted molar refractivity (Wildman–Crippen MR) is 77.8 cm³/mol. The molecule has 5 heteroatoms. The van der Waals surface area contributed by atoms with E-state index in [1.807, 2.05) is 38.1 Å². The maximum atomic E-state index is 12.2. The lowest BCUT2D eigenvalue weighted by atomic mass is 10.2. The van der Waals surface area contributed by atoms with Gasteiger partial charge in [-0.25, -0.2) is 4.98 Å². The molecule has 3 rings (SSSR count). The van der Waals surface area contributed by atoms with Crippen molar-refractivity contribution in [2.24, 2.45) is 0 Å². The average molecular weight is 271 g/mol. The summed E-state index contributed by atoms with van der Waals surface area (Å²) in [6, 6.07) is 7.74. The lowest BCUT2D eigenvalue weighted by Gasteiger charge is -1.99. The average Bonchev–Trinajstić information content (AvgIpc) is 2.94. The van der Waals surface area contributed by atoms with Crippen molar-refractivity contribution in [2.45, 2.75) is 13.8 Å². The zero-order chi connectivity index (χ0) is 13.4. The Morgan fingerprint density at radius 3 is 2.84 bits per heavy atom. The van der Waals surface area contributed by atoms with Gasteiger partial charge in [-0.05, 0) is 19.9 Å². The molecule has 2 heterocycles. The molecule has 0 bridgehead atoms. The normalized spacial score (nSPS) is 10.8. The van der Waals surface area contributed by atoms with Gasteiger partial charge in [-0.15, -0.1) is 11.3 Å². The fraction of sp³-hybridized carbons (Fsp3) is 0.143. The van der Waals surface area contributed by atoms with Gasteiger partial charge in [0.25, 0.3) is 5.91 Å². The number of thiazole rings is 1. The quantitative estimate of drug-likeness (QED) is 0.749. The topological polar surface area (TPSA) is 57.8 Å². The van der Waals surface area contributed by atoms with Gasteiger partial charge in [0, 0.05) is 22.0 Å². The third kappa shape index (κ3) is 2.13. The Balaban J connectivity index is 1.92. The van der Waals surface area contributed by atoms with E-state index in [-0.39, 0.29) is 5.91 Å². The van der Waals surface area contributed by atoms with E-state index in [4.69, 9.17) is 0 Å². The van der Waals surface area contributed by atoms with Gasteiger partial charge in [0.2, 0.25) is 0 Å². The number of benzene rings is 1. The Morgan fingerprint density at radius 1 is 1.32 bits per heavy atom. The molecule has 96 valence electrons. The third-order valence-corrected chi connectivity index (χ3v) is 4.07. The van der Waals surface area contributed by atoms with Crippen LogP contribution in [0.5, 0.6) is 0 Å². The van der Waals surface area contributed by atoms with E-state index < -0.39 is 0 Å². The number of aromatic nitrogens is 2. The highest BCUT2D eigenvalue weighted by molar-refractivity contribution is 7.15. The summed E-state index contributed by atoms with van der Waals surface area (Å²) < 4.78 is 0. The van der Waals surface area contributed by atoms with Crippen molar-refractivity contribution in [3.63, 3.8) is 0 Å². The molecule has 2 aromatic heterocycles. The van der Waals surface area contributed by atoms with E-state index in [1.54, 1.807) is 6.20 Å². The van der Waals surface area contributed by atoms with Gasteiger partial charge in [0.15, 0.2) is 5.13 Å². The third-order valence-electron chi connectivity index (χ3n) is 3.08. The molecule has 0 fully saturated rings. The molecule has 0 radical (unpaired) electrons. The Kier molecular flexibility index (Phi) is 2.83. The molecule has 0 aliphatic carbocycles. The minimum atomic E-state index is -0.133. The van der Waals surface area contributed by atoms with E-state index in [1.165, 1.54) is 11.3 Å². The van der Waals surface area contributed by atoms with Crippen LogP contribution in [0.25, 0.3) is 10.9 Å². The van der Waals surface area contributed by atoms with Gasteiger partial charge in [0.05, 0.1) is 11.3 Å². The molecule has 0 saturated heterocycles. The summed E-state index contributed by atoms with van der Waals surface area (Å²) >= 11 is 1.49. The molecule has 1 amide bonds. The Hall–Kier alpha value is -2.14. The van der Waals surface area contributed by atoms with E-state index in [0.717, 1.165) is 21.5 Å². The predicted octanol–water partition coefficient (Wildman–Crippen LogP) is 3.49. The van der Waals surface area contributed by atoms with E-state index >= 15 is 0 Å². The minimum absolute atomic E-state index is 0.133. The van der Waals surface area contributed by atoms with Crippen molar-refractivity contribution in [2.75, 3.05) is 5.32 Å². The van der Waals surface area contributed by atoms with Crippen LogP contribution in [0, 0.1) is 13.8 Å². The van der Waals surface area contributed by atoms with Gasteiger partial charge in [-0.3, -0.25) is 10.1 Å². The van der Waals surface area contributed by atoms with Crippen molar-refractivity contribution in [3.8, 4) is 0 Å². The number of hydrogen-bond donors (Lipinski definition) is 2. The van der Waals surface area contributed by atoms with E-state index in [0.29, 0.717) is 10.7 Å². The number of amides is 1. The number of aryl methyl sites for hydroxylation is 2. The fourth-order valence-corrected chi connectivity index (χ4v) is 2.76. The zero-order valence-electron chi connectivity index (χ0n) is 10.7. The van der Waals surface area contributed by atoms with Crippen molar-refractivity contribution < 1.29 is 4.79 Å². The number of nitrogens with one attached hydrogen (secondary N) is 2. The van der Waals surface area contributed by atoms with Gasteiger partial charge in [-0.2, -0.15) is 0 Å². The smallest absolute Gasteiger partial charge is 0.259 e. The van der Waals surface area contributed by atoms with E-state index in [9.17, 15) is 4.79 Å². The molecule has 0 unspecified atom stereocenters. The maximum Gasteiger partial charge on any atom is 0.259 e. The highest BCUT2D eigenvalue weighted by Gasteiger charge is 2.13. The zero-order valence-corrected chi connectivity index (χ0v) is 11.5. The highest BCUT2D eigenvalue weighted by atomic mass is 32.1. The standard InChI is InChI=1S/C14H13N3OS/c1-8-9(2)19-14(16-8)17-13(18)11-7-15-12-6-4-3-5-10(11)12/h3-7,15H,1-2H3,(H,16,17,18). The van der Waals surface area contributed by atoms with E-state index in [2.05, 4.69) is 15.3 Å². The lowest BCUT2D eigenvalue weighted by molar-refractivity contribution is 0.102. The van der Waals surface area contributed by atoms with Crippen molar-refractivity contribution in [3.05, 3.63) is 46.6 Å². The first-order chi connectivity index (χ1) is 9.15. The van der Waals surface area contributed by atoms with Crippen molar-refractivity contribution in [1.29, 1.82) is 0 Å². The number of nitrogens with zero attached hydrogens (tertiary/aromatic N) is 1. The molecule has 4 nitrogen and oxygen atoms in total. The molecule has 0 aliphatic heterocycles. The van der Waals surface area contributed by atoms with Crippen LogP contribution in [0.2, 0.25) is 0 Å². The monoisotopic (exact) mass is 271 g/mol. The number of anilines is 1. The van der Waals surface area contributed by atoms with Gasteiger partial charge >= 0.3 is 0 Å². The van der Waals surface area contributed by atoms with Crippen LogP contribution in [0.3, 0.4) is 0 Å². The number of carbonyl (C=O) groups excluding carboxylic acids is 1. The number of fused-ring (bicyclic) bond motifs is 1. The number of aromatic amines is 1. The van der Waals surface area contributed by atoms with Crippen molar-refractivity contribution >= 4 is 33.3 Å². The summed E-state index contributed by atoms with van der Waals surface area (Å²) in [5, 5.41) is 4.41. The van der Waals surface area contributed by atoms with Crippen LogP contribution in [0.15, 0.2) is 30.5 Å². The summed E-state index contributed by atoms with van der Waals surface area (Å²) in [5.74, 6) is -0.133. The SMILES string of the molecule is Cc1nc(NC(=O)c2c[nH]c3ccccc23)sc1C. The van der Waals surface area contributed by atoms with Crippen molar-refractivity contribution in [1.82, 2.24) is 9.97 Å². The highest BCUT2D eigenvalue weighted by Crippen LogP contribution is 2.23. The Morgan fingerprint density at radius 2 is 2.11 bits per heavy atom. The molecule has 0 aliphatic rings. The van der Waals surface area contributed by atoms with Crippen LogP contribution in [-0.2, 0) is 0 Å². The van der Waals surface area contributed by atoms with Crippen LogP contribution < -0.4 is 5.32 Å². The summed E-state index contributed by atoms with van der Waals surface area (Å²) in [7, 11) is 0. The molecule has 0 atom stereocenters. The number of H-pyrrole nitrogens is 1. The number of carbonyl (C=O) groups is 1. The molecule has 19 heavy (non-hydrogen) atoms. The number of rotatable bonds is 2. The molecule has 2 N–H and O–H groups in total. The molecule has 3 aromatic rings. The van der Waals surface area contributed by atoms with Crippen LogP contribution in [0.1, 0.15) is 20.9 Å². The summed E-state index contributed by atoms with van der Waals surface area (Å²) in [6.07, 6.45) is 1.73. The largest absolute Gasteiger partial charge is 0.360 e. The fourth-order valence-electron chi connectivity index (χ4n) is 1.95. The van der Waals surface area contributed by atoms with Gasteiger partial charge in [-0.1, -0.05) is 18.2 Å². The second-order valence-corrected chi connectivity index (χ2v) is 5.57. The second kappa shape index (κ2) is 4.51. The number of hydrogen-bond acceptors (Lipinski definition) is 3. The molecule has 1 aromatic carbocycles. The minimum Gasteiger partial charge on any atom is -0.360 e. The van der Waals surface area contributed by atoms with Crippen LogP contribution >= 0.6 is 11.3 Å². The first-order valence-corrected chi connectivity index (χ1v) is 6.78. The lowest BCUT2D eigenvalue weighted by Crippen LogP contribution is -2.11. The molecular formula is C14H13N3OS. The second-order valence-electron chi connectivity index (χ2n) is 4.36.